The van der Waals surface area contributed by atoms with E-state index in [1.807, 2.05) is 0 Å². The monoisotopic (exact) mass is 432 g/mol. The lowest BCUT2D eigenvalue weighted by Crippen LogP contribution is -2.29. The number of carbonyl (C=O) groups excluding carboxylic acids is 3. The summed E-state index contributed by atoms with van der Waals surface area (Å²) in [5.41, 5.74) is 7.48. The first kappa shape index (κ1) is 20.9. The molecule has 1 aliphatic rings. The second kappa shape index (κ2) is 8.42. The molecule has 1 aromatic heterocycles. The highest BCUT2D eigenvalue weighted by atomic mass is 16.5. The van der Waals surface area contributed by atoms with Crippen molar-refractivity contribution in [2.24, 2.45) is 0 Å². The number of aromatic nitrogens is 3. The number of anilines is 2. The molecule has 2 heterocycles. The molecule has 0 unspecified atom stereocenters. The van der Waals surface area contributed by atoms with Crippen molar-refractivity contribution < 1.29 is 19.1 Å². The van der Waals surface area contributed by atoms with Gasteiger partial charge in [-0.2, -0.15) is 15.0 Å². The number of hydrogen-bond donors (Lipinski definition) is 1. The van der Waals surface area contributed by atoms with Gasteiger partial charge in [0, 0.05) is 14.1 Å². The molecule has 2 N–H and O–H groups in total. The first-order valence-corrected chi connectivity index (χ1v) is 9.72. The molecule has 2 aromatic carbocycles. The van der Waals surface area contributed by atoms with Crippen LogP contribution in [0.5, 0.6) is 0 Å². The van der Waals surface area contributed by atoms with Gasteiger partial charge >= 0.3 is 5.97 Å². The highest BCUT2D eigenvalue weighted by Gasteiger charge is 2.34. The molecule has 0 fully saturated rings. The zero-order valence-electron chi connectivity index (χ0n) is 17.5. The Morgan fingerprint density at radius 2 is 1.59 bits per heavy atom. The van der Waals surface area contributed by atoms with Crippen molar-refractivity contribution in [1.29, 1.82) is 0 Å². The smallest absolute Gasteiger partial charge is 0.338 e. The third kappa shape index (κ3) is 4.10. The fourth-order valence-corrected chi connectivity index (χ4v) is 3.21. The Balaban J connectivity index is 1.39. The Kier molecular flexibility index (Phi) is 5.50. The fraction of sp³-hybridized carbons (Fsp3) is 0.182. The summed E-state index contributed by atoms with van der Waals surface area (Å²) in [5.74, 6) is -0.599. The largest absolute Gasteiger partial charge is 0.454 e. The van der Waals surface area contributed by atoms with Gasteiger partial charge in [0.2, 0.25) is 11.9 Å². The Labute approximate surface area is 183 Å². The number of amides is 2. The van der Waals surface area contributed by atoms with Gasteiger partial charge in [-0.25, -0.2) is 4.79 Å². The molecule has 0 aliphatic carbocycles. The van der Waals surface area contributed by atoms with Crippen molar-refractivity contribution in [2.45, 2.75) is 13.2 Å². The standard InChI is InChI=1S/C22H20N6O4/c1-27(2)22-25-17(24-21(23)26-22)12-32-20(31)14-9-7-13(8-10-14)11-28-18(29)15-5-3-4-6-16(15)19(28)30/h3-10H,11-12H2,1-2H3,(H2,23,24,25,26). The van der Waals surface area contributed by atoms with E-state index in [1.165, 1.54) is 4.90 Å². The summed E-state index contributed by atoms with van der Waals surface area (Å²) in [5, 5.41) is 0. The molecule has 1 aliphatic heterocycles. The summed E-state index contributed by atoms with van der Waals surface area (Å²) >= 11 is 0. The zero-order valence-corrected chi connectivity index (χ0v) is 17.5. The minimum atomic E-state index is -0.567. The molecule has 4 rings (SSSR count). The number of nitrogens with zero attached hydrogens (tertiary/aromatic N) is 5. The second-order valence-corrected chi connectivity index (χ2v) is 7.32. The molecular weight excluding hydrogens is 412 g/mol. The SMILES string of the molecule is CN(C)c1nc(N)nc(COC(=O)c2ccc(CN3C(=O)c4ccccc4C3=O)cc2)n1. The molecular formula is C22H20N6O4. The van der Waals surface area contributed by atoms with Gasteiger partial charge in [-0.3, -0.25) is 14.5 Å². The predicted molar refractivity (Wildman–Crippen MR) is 115 cm³/mol. The van der Waals surface area contributed by atoms with Gasteiger partial charge in [0.15, 0.2) is 12.4 Å². The molecule has 10 nitrogen and oxygen atoms in total. The summed E-state index contributed by atoms with van der Waals surface area (Å²) in [6.07, 6.45) is 0. The summed E-state index contributed by atoms with van der Waals surface area (Å²) in [7, 11) is 3.52. The van der Waals surface area contributed by atoms with E-state index < -0.39 is 5.97 Å². The summed E-state index contributed by atoms with van der Waals surface area (Å²) in [6.45, 7) is -0.0533. The highest BCUT2D eigenvalue weighted by molar-refractivity contribution is 6.21. The van der Waals surface area contributed by atoms with Gasteiger partial charge in [0.05, 0.1) is 23.2 Å². The molecule has 10 heteroatoms. The Bertz CT molecular complexity index is 1170. The number of benzene rings is 2. The van der Waals surface area contributed by atoms with Crippen LogP contribution in [-0.4, -0.2) is 51.7 Å². The van der Waals surface area contributed by atoms with Crippen LogP contribution >= 0.6 is 0 Å². The van der Waals surface area contributed by atoms with E-state index in [0.717, 1.165) is 0 Å². The van der Waals surface area contributed by atoms with Crippen LogP contribution in [0.1, 0.15) is 42.5 Å². The number of nitrogen functional groups attached to an aromatic ring is 1. The molecule has 0 bridgehead atoms. The molecule has 0 saturated heterocycles. The van der Waals surface area contributed by atoms with Crippen LogP contribution in [0.2, 0.25) is 0 Å². The van der Waals surface area contributed by atoms with Crippen LogP contribution in [0.15, 0.2) is 48.5 Å². The Morgan fingerprint density at radius 1 is 0.969 bits per heavy atom. The number of fused-ring (bicyclic) bond motifs is 1. The molecule has 32 heavy (non-hydrogen) atoms. The number of esters is 1. The number of nitrogens with two attached hydrogens (primary N) is 1. The van der Waals surface area contributed by atoms with E-state index >= 15 is 0 Å². The maximum absolute atomic E-state index is 12.5. The molecule has 162 valence electrons. The fourth-order valence-electron chi connectivity index (χ4n) is 3.21. The van der Waals surface area contributed by atoms with E-state index in [4.69, 9.17) is 10.5 Å². The van der Waals surface area contributed by atoms with Crippen molar-refractivity contribution >= 4 is 29.7 Å². The van der Waals surface area contributed by atoms with Gasteiger partial charge < -0.3 is 15.4 Å². The number of imide groups is 1. The minimum absolute atomic E-state index is 0.0345. The molecule has 0 atom stereocenters. The van der Waals surface area contributed by atoms with Crippen molar-refractivity contribution in [3.05, 3.63) is 76.6 Å². The van der Waals surface area contributed by atoms with Crippen molar-refractivity contribution in [3.63, 3.8) is 0 Å². The van der Waals surface area contributed by atoms with Gasteiger partial charge in [-0.1, -0.05) is 24.3 Å². The van der Waals surface area contributed by atoms with E-state index in [2.05, 4.69) is 15.0 Å². The third-order valence-corrected chi connectivity index (χ3v) is 4.83. The maximum atomic E-state index is 12.5. The lowest BCUT2D eigenvalue weighted by molar-refractivity contribution is 0.0461. The highest BCUT2D eigenvalue weighted by Crippen LogP contribution is 2.24. The van der Waals surface area contributed by atoms with Crippen molar-refractivity contribution in [2.75, 3.05) is 24.7 Å². The maximum Gasteiger partial charge on any atom is 0.338 e. The van der Waals surface area contributed by atoms with E-state index in [9.17, 15) is 14.4 Å². The molecule has 0 spiro atoms. The molecule has 2 amide bonds. The lowest BCUT2D eigenvalue weighted by atomic mass is 10.1. The number of rotatable bonds is 6. The first-order valence-electron chi connectivity index (χ1n) is 9.72. The van der Waals surface area contributed by atoms with E-state index in [0.29, 0.717) is 28.2 Å². The number of ether oxygens (including phenoxy) is 1. The topological polar surface area (TPSA) is 132 Å². The van der Waals surface area contributed by atoms with Crippen LogP contribution < -0.4 is 10.6 Å². The third-order valence-electron chi connectivity index (χ3n) is 4.83. The minimum Gasteiger partial charge on any atom is -0.454 e. The lowest BCUT2D eigenvalue weighted by Gasteiger charge is -2.14. The Hall–Kier alpha value is -4.34. The molecule has 0 radical (unpaired) electrons. The summed E-state index contributed by atoms with van der Waals surface area (Å²) < 4.78 is 5.27. The molecule has 3 aromatic rings. The number of carbonyl (C=O) groups is 3. The van der Waals surface area contributed by atoms with Gasteiger partial charge in [-0.15, -0.1) is 0 Å². The second-order valence-electron chi connectivity index (χ2n) is 7.32. The van der Waals surface area contributed by atoms with Gasteiger partial charge in [0.1, 0.15) is 0 Å². The van der Waals surface area contributed by atoms with Crippen LogP contribution in [0.25, 0.3) is 0 Å². The normalized spacial score (nSPS) is 12.6. The average Bonchev–Trinajstić information content (AvgIpc) is 3.02. The summed E-state index contributed by atoms with van der Waals surface area (Å²) in [6, 6.07) is 13.2. The van der Waals surface area contributed by atoms with Crippen LogP contribution in [0, 0.1) is 0 Å². The summed E-state index contributed by atoms with van der Waals surface area (Å²) in [4.78, 5) is 52.4. The van der Waals surface area contributed by atoms with Crippen molar-refractivity contribution in [3.8, 4) is 0 Å². The van der Waals surface area contributed by atoms with Gasteiger partial charge in [0.25, 0.3) is 11.8 Å². The zero-order chi connectivity index (χ0) is 22.8. The predicted octanol–water partition coefficient (Wildman–Crippen LogP) is 1.67. The van der Waals surface area contributed by atoms with Crippen LogP contribution in [0.4, 0.5) is 11.9 Å². The average molecular weight is 432 g/mol. The van der Waals surface area contributed by atoms with E-state index in [-0.39, 0.29) is 36.7 Å². The van der Waals surface area contributed by atoms with Crippen LogP contribution in [0.3, 0.4) is 0 Å². The number of hydrogen-bond acceptors (Lipinski definition) is 9. The van der Waals surface area contributed by atoms with Gasteiger partial charge in [-0.05, 0) is 29.8 Å². The van der Waals surface area contributed by atoms with E-state index in [1.54, 1.807) is 67.5 Å². The Morgan fingerprint density at radius 3 is 2.19 bits per heavy atom. The molecule has 0 saturated carbocycles. The quantitative estimate of drug-likeness (QED) is 0.456. The first-order chi connectivity index (χ1) is 15.3. The van der Waals surface area contributed by atoms with Crippen LogP contribution in [-0.2, 0) is 17.9 Å². The van der Waals surface area contributed by atoms with Crippen molar-refractivity contribution in [1.82, 2.24) is 19.9 Å².